The van der Waals surface area contributed by atoms with Gasteiger partial charge in [0.1, 0.15) is 16.4 Å². The highest BCUT2D eigenvalue weighted by Gasteiger charge is 2.36. The number of carbonyl (C=O) groups is 2. The zero-order valence-electron chi connectivity index (χ0n) is 17.7. The minimum absolute atomic E-state index is 0.153. The predicted molar refractivity (Wildman–Crippen MR) is 117 cm³/mol. The summed E-state index contributed by atoms with van der Waals surface area (Å²) < 4.78 is 5.91. The molecule has 2 aromatic heterocycles. The van der Waals surface area contributed by atoms with Crippen LogP contribution in [0, 0.1) is 13.8 Å². The van der Waals surface area contributed by atoms with Gasteiger partial charge in [0.25, 0.3) is 11.8 Å². The van der Waals surface area contributed by atoms with E-state index in [-0.39, 0.29) is 18.4 Å². The highest BCUT2D eigenvalue weighted by atomic mass is 32.1. The van der Waals surface area contributed by atoms with Crippen LogP contribution in [0.15, 0.2) is 24.3 Å². The number of para-hydroxylation sites is 2. The summed E-state index contributed by atoms with van der Waals surface area (Å²) in [6.07, 6.45) is -0.0101. The summed E-state index contributed by atoms with van der Waals surface area (Å²) in [5, 5.41) is 0.933. The standard InChI is InChI=1S/C22H24N4O3S/c1-6-17-23-13(3)18-12(2)19(30-20(18)24-17)22(28)26-11-16(21(27)25(4)5)29-15-10-8-7-9-14(15)26/h7-10,16H,6,11H2,1-5H3/t16-/m1/s1. The molecule has 0 unspecified atom stereocenters. The van der Waals surface area contributed by atoms with Crippen LogP contribution in [0.25, 0.3) is 10.2 Å². The van der Waals surface area contributed by atoms with Gasteiger partial charge >= 0.3 is 0 Å². The Morgan fingerprint density at radius 2 is 1.97 bits per heavy atom. The van der Waals surface area contributed by atoms with Crippen molar-refractivity contribution in [3.05, 3.63) is 46.2 Å². The van der Waals surface area contributed by atoms with Crippen LogP contribution >= 0.6 is 11.3 Å². The summed E-state index contributed by atoms with van der Waals surface area (Å²) in [6, 6.07) is 7.32. The first-order valence-corrected chi connectivity index (χ1v) is 10.7. The second-order valence-corrected chi connectivity index (χ2v) is 8.54. The molecule has 8 heteroatoms. The fourth-order valence-corrected chi connectivity index (χ4v) is 4.92. The molecule has 1 aliphatic heterocycles. The third-order valence-corrected chi connectivity index (χ3v) is 6.44. The van der Waals surface area contributed by atoms with Crippen molar-refractivity contribution in [2.45, 2.75) is 33.3 Å². The number of likely N-dealkylation sites (N-methyl/N-ethyl adjacent to an activating group) is 1. The molecule has 2 amide bonds. The first kappa shape index (κ1) is 20.3. The van der Waals surface area contributed by atoms with Gasteiger partial charge in [0, 0.05) is 31.6 Å². The van der Waals surface area contributed by atoms with Gasteiger partial charge in [-0.25, -0.2) is 9.97 Å². The fraction of sp³-hybridized carbons (Fsp3) is 0.364. The molecule has 4 rings (SSSR count). The number of hydrogen-bond donors (Lipinski definition) is 0. The van der Waals surface area contributed by atoms with Crippen LogP contribution < -0.4 is 9.64 Å². The van der Waals surface area contributed by atoms with E-state index in [1.165, 1.54) is 16.2 Å². The molecular formula is C22H24N4O3S. The Morgan fingerprint density at radius 1 is 1.23 bits per heavy atom. The number of benzene rings is 1. The summed E-state index contributed by atoms with van der Waals surface area (Å²) in [4.78, 5) is 40.0. The van der Waals surface area contributed by atoms with Gasteiger partial charge < -0.3 is 9.64 Å². The Labute approximate surface area is 179 Å². The molecule has 1 atom stereocenters. The predicted octanol–water partition coefficient (Wildman–Crippen LogP) is 3.37. The molecule has 0 saturated carbocycles. The van der Waals surface area contributed by atoms with Gasteiger partial charge in [0.05, 0.1) is 17.1 Å². The molecule has 3 heterocycles. The topological polar surface area (TPSA) is 75.6 Å². The van der Waals surface area contributed by atoms with Crippen molar-refractivity contribution in [3.8, 4) is 5.75 Å². The molecule has 156 valence electrons. The number of thiophene rings is 1. The van der Waals surface area contributed by atoms with Gasteiger partial charge in [-0.3, -0.25) is 14.5 Å². The molecule has 0 N–H and O–H groups in total. The Balaban J connectivity index is 1.79. The fourth-order valence-electron chi connectivity index (χ4n) is 3.72. The van der Waals surface area contributed by atoms with Crippen molar-refractivity contribution in [2.75, 3.05) is 25.5 Å². The van der Waals surface area contributed by atoms with Gasteiger partial charge in [-0.2, -0.15) is 0 Å². The van der Waals surface area contributed by atoms with Crippen molar-refractivity contribution in [1.82, 2.24) is 14.9 Å². The van der Waals surface area contributed by atoms with Gasteiger partial charge in [-0.1, -0.05) is 19.1 Å². The second-order valence-electron chi connectivity index (χ2n) is 7.54. The van der Waals surface area contributed by atoms with E-state index >= 15 is 0 Å². The SMILES string of the molecule is CCc1nc(C)c2c(C)c(C(=O)N3C[C@H](C(=O)N(C)C)Oc4ccccc43)sc2n1. The highest BCUT2D eigenvalue weighted by molar-refractivity contribution is 7.20. The number of amides is 2. The molecule has 0 spiro atoms. The zero-order valence-corrected chi connectivity index (χ0v) is 18.5. The first-order chi connectivity index (χ1) is 14.3. The van der Waals surface area contributed by atoms with Crippen LogP contribution in [-0.4, -0.2) is 53.4 Å². The van der Waals surface area contributed by atoms with Crippen LogP contribution in [-0.2, 0) is 11.2 Å². The molecule has 0 saturated heterocycles. The number of fused-ring (bicyclic) bond motifs is 2. The van der Waals surface area contributed by atoms with Crippen LogP contribution in [0.1, 0.15) is 33.7 Å². The summed E-state index contributed by atoms with van der Waals surface area (Å²) in [5.74, 6) is 0.971. The summed E-state index contributed by atoms with van der Waals surface area (Å²) in [6.45, 7) is 6.06. The van der Waals surface area contributed by atoms with Crippen LogP contribution in [0.5, 0.6) is 5.75 Å². The van der Waals surface area contributed by atoms with E-state index in [0.29, 0.717) is 16.3 Å². The van der Waals surface area contributed by atoms with Crippen LogP contribution in [0.3, 0.4) is 0 Å². The Kier molecular flexibility index (Phi) is 5.19. The summed E-state index contributed by atoms with van der Waals surface area (Å²) in [5.41, 5.74) is 2.42. The lowest BCUT2D eigenvalue weighted by molar-refractivity contribution is -0.135. The van der Waals surface area contributed by atoms with Crippen LogP contribution in [0.4, 0.5) is 5.69 Å². The molecule has 1 aromatic carbocycles. The normalized spacial score (nSPS) is 15.6. The number of nitrogens with zero attached hydrogens (tertiary/aromatic N) is 4. The van der Waals surface area contributed by atoms with E-state index in [1.54, 1.807) is 25.1 Å². The summed E-state index contributed by atoms with van der Waals surface area (Å²) >= 11 is 1.38. The molecule has 7 nitrogen and oxygen atoms in total. The Bertz CT molecular complexity index is 1150. The van der Waals surface area contributed by atoms with Crippen molar-refractivity contribution in [2.24, 2.45) is 0 Å². The maximum absolute atomic E-state index is 13.7. The van der Waals surface area contributed by atoms with Gasteiger partial charge in [-0.05, 0) is 31.5 Å². The number of carbonyl (C=O) groups excluding carboxylic acids is 2. The van der Waals surface area contributed by atoms with Gasteiger partial charge in [0.15, 0.2) is 6.10 Å². The Morgan fingerprint density at radius 3 is 2.67 bits per heavy atom. The van der Waals surface area contributed by atoms with E-state index in [0.717, 1.165) is 33.7 Å². The molecule has 0 radical (unpaired) electrons. The largest absolute Gasteiger partial charge is 0.476 e. The number of ether oxygens (including phenoxy) is 1. The number of aromatic nitrogens is 2. The van der Waals surface area contributed by atoms with Crippen molar-refractivity contribution < 1.29 is 14.3 Å². The van der Waals surface area contributed by atoms with E-state index in [4.69, 9.17) is 4.74 Å². The molecule has 0 bridgehead atoms. The molecule has 30 heavy (non-hydrogen) atoms. The minimum Gasteiger partial charge on any atom is -0.476 e. The van der Waals surface area contributed by atoms with E-state index < -0.39 is 6.10 Å². The molecule has 1 aliphatic rings. The van der Waals surface area contributed by atoms with Crippen molar-refractivity contribution in [3.63, 3.8) is 0 Å². The smallest absolute Gasteiger partial charge is 0.268 e. The second kappa shape index (κ2) is 7.68. The maximum atomic E-state index is 13.7. The monoisotopic (exact) mass is 424 g/mol. The van der Waals surface area contributed by atoms with Crippen molar-refractivity contribution >= 4 is 39.1 Å². The third kappa shape index (κ3) is 3.31. The number of aryl methyl sites for hydroxylation is 3. The molecule has 0 aliphatic carbocycles. The Hall–Kier alpha value is -3.00. The van der Waals surface area contributed by atoms with E-state index in [2.05, 4.69) is 9.97 Å². The number of anilines is 1. The highest BCUT2D eigenvalue weighted by Crippen LogP contribution is 2.37. The lowest BCUT2D eigenvalue weighted by Gasteiger charge is -2.35. The minimum atomic E-state index is -0.748. The zero-order chi connectivity index (χ0) is 21.6. The molecule has 3 aromatic rings. The number of hydrogen-bond acceptors (Lipinski definition) is 6. The lowest BCUT2D eigenvalue weighted by atomic mass is 10.1. The average molecular weight is 425 g/mol. The molecule has 0 fully saturated rings. The van der Waals surface area contributed by atoms with E-state index in [1.807, 2.05) is 39.0 Å². The third-order valence-electron chi connectivity index (χ3n) is 5.26. The average Bonchev–Trinajstić information content (AvgIpc) is 3.08. The van der Waals surface area contributed by atoms with Crippen molar-refractivity contribution in [1.29, 1.82) is 0 Å². The summed E-state index contributed by atoms with van der Waals surface area (Å²) in [7, 11) is 3.36. The first-order valence-electron chi connectivity index (χ1n) is 9.87. The quantitative estimate of drug-likeness (QED) is 0.644. The van der Waals surface area contributed by atoms with Gasteiger partial charge in [0.2, 0.25) is 0 Å². The maximum Gasteiger partial charge on any atom is 0.268 e. The van der Waals surface area contributed by atoms with E-state index in [9.17, 15) is 9.59 Å². The van der Waals surface area contributed by atoms with Crippen LogP contribution in [0.2, 0.25) is 0 Å². The molecular weight excluding hydrogens is 400 g/mol. The lowest BCUT2D eigenvalue weighted by Crippen LogP contribution is -2.50. The van der Waals surface area contributed by atoms with Gasteiger partial charge in [-0.15, -0.1) is 11.3 Å². The number of rotatable bonds is 3.